The summed E-state index contributed by atoms with van der Waals surface area (Å²) in [5, 5.41) is 19.9. The van der Waals surface area contributed by atoms with Crippen LogP contribution in [0.5, 0.6) is 0 Å². The fourth-order valence-electron chi connectivity index (χ4n) is 3.49. The Balaban J connectivity index is 1.56. The van der Waals surface area contributed by atoms with E-state index in [9.17, 15) is 14.3 Å². The number of aliphatic hydroxyl groups is 1. The lowest BCUT2D eigenvalue weighted by molar-refractivity contribution is 0.0916. The van der Waals surface area contributed by atoms with Gasteiger partial charge in [-0.3, -0.25) is 9.89 Å². The number of hydrogen-bond donors (Lipinski definition) is 3. The first kappa shape index (κ1) is 20.5. The molecular formula is C25H22FN3O2. The summed E-state index contributed by atoms with van der Waals surface area (Å²) in [7, 11) is 0. The third-order valence-electron chi connectivity index (χ3n) is 5.09. The van der Waals surface area contributed by atoms with Crippen LogP contribution in [-0.4, -0.2) is 33.9 Å². The Morgan fingerprint density at radius 2 is 1.71 bits per heavy atom. The molecule has 4 aromatic rings. The van der Waals surface area contributed by atoms with E-state index in [1.807, 2.05) is 48.5 Å². The van der Waals surface area contributed by atoms with E-state index in [-0.39, 0.29) is 24.8 Å². The first-order valence-corrected chi connectivity index (χ1v) is 10.0. The van der Waals surface area contributed by atoms with Crippen molar-refractivity contribution in [2.45, 2.75) is 12.5 Å². The largest absolute Gasteiger partial charge is 0.394 e. The average molecular weight is 415 g/mol. The molecule has 5 nitrogen and oxygen atoms in total. The molecule has 1 aromatic heterocycles. The van der Waals surface area contributed by atoms with E-state index < -0.39 is 6.04 Å². The van der Waals surface area contributed by atoms with Gasteiger partial charge < -0.3 is 10.4 Å². The minimum Gasteiger partial charge on any atom is -0.394 e. The van der Waals surface area contributed by atoms with Gasteiger partial charge in [0.2, 0.25) is 0 Å². The van der Waals surface area contributed by atoms with E-state index in [2.05, 4.69) is 15.5 Å². The maximum Gasteiger partial charge on any atom is 0.252 e. The summed E-state index contributed by atoms with van der Waals surface area (Å²) in [6.45, 7) is -0.301. The summed E-state index contributed by atoms with van der Waals surface area (Å²) >= 11 is 0. The lowest BCUT2D eigenvalue weighted by Gasteiger charge is -2.18. The molecule has 3 aromatic carbocycles. The molecule has 0 bridgehead atoms. The van der Waals surface area contributed by atoms with E-state index in [0.29, 0.717) is 22.4 Å². The number of aromatic amines is 1. The van der Waals surface area contributed by atoms with E-state index >= 15 is 0 Å². The SMILES string of the molecule is O=C(N[C@@H](CO)Cc1ccccc1F)c1ccccc1-c1cc(-c2ccccc2)n[nH]1. The topological polar surface area (TPSA) is 78.0 Å². The van der Waals surface area contributed by atoms with Crippen LogP contribution in [-0.2, 0) is 6.42 Å². The summed E-state index contributed by atoms with van der Waals surface area (Å²) in [5.41, 5.74) is 4.03. The highest BCUT2D eigenvalue weighted by Gasteiger charge is 2.19. The number of rotatable bonds is 7. The number of nitrogens with one attached hydrogen (secondary N) is 2. The molecule has 4 rings (SSSR count). The lowest BCUT2D eigenvalue weighted by Crippen LogP contribution is -2.39. The van der Waals surface area contributed by atoms with E-state index in [4.69, 9.17) is 0 Å². The van der Waals surface area contributed by atoms with Gasteiger partial charge in [0.1, 0.15) is 5.82 Å². The van der Waals surface area contributed by atoms with Crippen LogP contribution in [0.15, 0.2) is 84.9 Å². The Morgan fingerprint density at radius 1 is 1.00 bits per heavy atom. The fourth-order valence-corrected chi connectivity index (χ4v) is 3.49. The minimum atomic E-state index is -0.612. The molecule has 6 heteroatoms. The first-order valence-electron chi connectivity index (χ1n) is 10.0. The third-order valence-corrected chi connectivity index (χ3v) is 5.09. The molecular weight excluding hydrogens is 393 g/mol. The van der Waals surface area contributed by atoms with Crippen molar-refractivity contribution in [3.8, 4) is 22.5 Å². The van der Waals surface area contributed by atoms with Crippen molar-refractivity contribution in [3.05, 3.63) is 102 Å². The van der Waals surface area contributed by atoms with Gasteiger partial charge in [0.15, 0.2) is 0 Å². The number of aliphatic hydroxyl groups excluding tert-OH is 1. The molecule has 1 atom stereocenters. The summed E-state index contributed by atoms with van der Waals surface area (Å²) in [4.78, 5) is 13.0. The van der Waals surface area contributed by atoms with Crippen LogP contribution in [0.2, 0.25) is 0 Å². The lowest BCUT2D eigenvalue weighted by atomic mass is 10.0. The maximum atomic E-state index is 14.0. The van der Waals surface area contributed by atoms with Gasteiger partial charge in [-0.1, -0.05) is 66.7 Å². The number of amides is 1. The highest BCUT2D eigenvalue weighted by Crippen LogP contribution is 2.26. The van der Waals surface area contributed by atoms with Crippen LogP contribution in [0.25, 0.3) is 22.5 Å². The second-order valence-corrected chi connectivity index (χ2v) is 7.23. The van der Waals surface area contributed by atoms with Crippen LogP contribution in [0.1, 0.15) is 15.9 Å². The summed E-state index contributed by atoms with van der Waals surface area (Å²) in [5.74, 6) is -0.705. The van der Waals surface area contributed by atoms with Crippen molar-refractivity contribution < 1.29 is 14.3 Å². The van der Waals surface area contributed by atoms with Crippen LogP contribution >= 0.6 is 0 Å². The van der Waals surface area contributed by atoms with Gasteiger partial charge in [-0.25, -0.2) is 4.39 Å². The third kappa shape index (κ3) is 4.70. The molecule has 0 aliphatic heterocycles. The highest BCUT2D eigenvalue weighted by molar-refractivity contribution is 6.00. The number of benzene rings is 3. The van der Waals surface area contributed by atoms with Crippen molar-refractivity contribution in [3.63, 3.8) is 0 Å². The van der Waals surface area contributed by atoms with Gasteiger partial charge in [0.05, 0.1) is 24.0 Å². The molecule has 3 N–H and O–H groups in total. The van der Waals surface area contributed by atoms with Gasteiger partial charge in [-0.05, 0) is 30.2 Å². The van der Waals surface area contributed by atoms with Crippen LogP contribution in [0, 0.1) is 5.82 Å². The van der Waals surface area contributed by atoms with Crippen molar-refractivity contribution in [1.82, 2.24) is 15.5 Å². The first-order chi connectivity index (χ1) is 15.2. The number of carbonyl (C=O) groups is 1. The van der Waals surface area contributed by atoms with Crippen molar-refractivity contribution in [1.29, 1.82) is 0 Å². The fraction of sp³-hybridized carbons (Fsp3) is 0.120. The average Bonchev–Trinajstić information content (AvgIpc) is 3.31. The Morgan fingerprint density at radius 3 is 2.48 bits per heavy atom. The second kappa shape index (κ2) is 9.36. The molecule has 31 heavy (non-hydrogen) atoms. The molecule has 0 radical (unpaired) electrons. The molecule has 0 unspecified atom stereocenters. The number of halogens is 1. The Labute approximate surface area is 179 Å². The monoisotopic (exact) mass is 415 g/mol. The predicted octanol–water partition coefficient (Wildman–Crippen LogP) is 4.22. The molecule has 0 saturated carbocycles. The van der Waals surface area contributed by atoms with Gasteiger partial charge in [0, 0.05) is 16.7 Å². The molecule has 0 aliphatic carbocycles. The van der Waals surface area contributed by atoms with Crippen molar-refractivity contribution in [2.24, 2.45) is 0 Å². The number of hydrogen-bond acceptors (Lipinski definition) is 3. The smallest absolute Gasteiger partial charge is 0.252 e. The number of aromatic nitrogens is 2. The highest BCUT2D eigenvalue weighted by atomic mass is 19.1. The molecule has 0 saturated heterocycles. The van der Waals surface area contributed by atoms with E-state index in [1.54, 1.807) is 30.3 Å². The summed E-state index contributed by atoms with van der Waals surface area (Å²) < 4.78 is 14.0. The second-order valence-electron chi connectivity index (χ2n) is 7.23. The molecule has 0 spiro atoms. The van der Waals surface area contributed by atoms with E-state index in [1.165, 1.54) is 6.07 Å². The summed E-state index contributed by atoms with van der Waals surface area (Å²) in [6, 6.07) is 24.5. The normalized spacial score (nSPS) is 11.8. The Kier molecular flexibility index (Phi) is 6.19. The van der Waals surface area contributed by atoms with E-state index in [0.717, 1.165) is 11.3 Å². The van der Waals surface area contributed by atoms with Gasteiger partial charge >= 0.3 is 0 Å². The number of nitrogens with zero attached hydrogens (tertiary/aromatic N) is 1. The zero-order valence-corrected chi connectivity index (χ0v) is 16.8. The molecule has 1 heterocycles. The van der Waals surface area contributed by atoms with Gasteiger partial charge in [-0.2, -0.15) is 5.10 Å². The zero-order chi connectivity index (χ0) is 21.6. The summed E-state index contributed by atoms with van der Waals surface area (Å²) in [6.07, 6.45) is 0.194. The molecule has 1 amide bonds. The predicted molar refractivity (Wildman–Crippen MR) is 118 cm³/mol. The molecule has 156 valence electrons. The quantitative estimate of drug-likeness (QED) is 0.423. The Hall–Kier alpha value is -3.77. The number of carbonyl (C=O) groups excluding carboxylic acids is 1. The van der Waals surface area contributed by atoms with Gasteiger partial charge in [-0.15, -0.1) is 0 Å². The molecule has 0 fully saturated rings. The van der Waals surface area contributed by atoms with Crippen LogP contribution < -0.4 is 5.32 Å². The zero-order valence-electron chi connectivity index (χ0n) is 16.8. The standard InChI is InChI=1S/C25H22FN3O2/c26-22-13-7-4-10-18(22)14-19(16-30)27-25(31)21-12-6-5-11-20(21)24-15-23(28-29-24)17-8-2-1-3-9-17/h1-13,15,19,30H,14,16H2,(H,27,31)(H,28,29)/t19-/m1/s1. The van der Waals surface area contributed by atoms with Crippen LogP contribution in [0.4, 0.5) is 4.39 Å². The molecule has 0 aliphatic rings. The maximum absolute atomic E-state index is 14.0. The van der Waals surface area contributed by atoms with Crippen molar-refractivity contribution >= 4 is 5.91 Å². The van der Waals surface area contributed by atoms with Crippen molar-refractivity contribution in [2.75, 3.05) is 6.61 Å². The van der Waals surface area contributed by atoms with Gasteiger partial charge in [0.25, 0.3) is 5.91 Å². The van der Waals surface area contributed by atoms with Crippen LogP contribution in [0.3, 0.4) is 0 Å². The minimum absolute atomic E-state index is 0.194. The number of H-pyrrole nitrogens is 1. The Bertz CT molecular complexity index is 1170.